The molecular weight excluding hydrogens is 262 g/mol. The summed E-state index contributed by atoms with van der Waals surface area (Å²) in [4.78, 5) is 11.5. The van der Waals surface area contributed by atoms with Crippen molar-refractivity contribution in [3.8, 4) is 0 Å². The molecule has 2 aromatic carbocycles. The molecule has 0 heterocycles. The average molecular weight is 276 g/mol. The molecule has 2 rings (SSSR count). The number of anilines is 1. The van der Waals surface area contributed by atoms with E-state index < -0.39 is 23.6 Å². The fraction of sp³-hybridized carbons (Fsp3) is 0.133. The summed E-state index contributed by atoms with van der Waals surface area (Å²) in [6, 6.07) is 9.21. The van der Waals surface area contributed by atoms with Crippen LogP contribution < -0.4 is 11.1 Å². The van der Waals surface area contributed by atoms with E-state index in [0.29, 0.717) is 5.69 Å². The Morgan fingerprint density at radius 3 is 2.15 bits per heavy atom. The molecule has 3 N–H and O–H groups in total. The minimum absolute atomic E-state index is 0.374. The van der Waals surface area contributed by atoms with Crippen molar-refractivity contribution in [1.82, 2.24) is 0 Å². The zero-order chi connectivity index (χ0) is 14.7. The first-order valence-corrected chi connectivity index (χ1v) is 6.05. The first kappa shape index (κ1) is 14.0. The van der Waals surface area contributed by atoms with Crippen LogP contribution in [0, 0.1) is 18.6 Å². The lowest BCUT2D eigenvalue weighted by Gasteiger charge is -2.18. The van der Waals surface area contributed by atoms with Gasteiger partial charge in [-0.15, -0.1) is 0 Å². The number of hydrogen-bond acceptors (Lipinski definition) is 2. The van der Waals surface area contributed by atoms with E-state index in [-0.39, 0.29) is 5.56 Å². The number of rotatable bonds is 4. The minimum atomic E-state index is -1.26. The van der Waals surface area contributed by atoms with E-state index in [4.69, 9.17) is 5.73 Å². The van der Waals surface area contributed by atoms with Crippen molar-refractivity contribution < 1.29 is 13.6 Å². The van der Waals surface area contributed by atoms with Gasteiger partial charge < -0.3 is 11.1 Å². The standard InChI is InChI=1S/C15H14F2N2O/c1-9-5-7-10(8-6-9)19-14(15(18)20)13-11(16)3-2-4-12(13)17/h2-8,14,19H,1H3,(H2,18,20). The molecule has 0 aliphatic rings. The van der Waals surface area contributed by atoms with Crippen LogP contribution in [0.25, 0.3) is 0 Å². The van der Waals surface area contributed by atoms with Gasteiger partial charge >= 0.3 is 0 Å². The van der Waals surface area contributed by atoms with Gasteiger partial charge in [0, 0.05) is 5.69 Å². The highest BCUT2D eigenvalue weighted by Gasteiger charge is 2.24. The van der Waals surface area contributed by atoms with Crippen LogP contribution in [0.2, 0.25) is 0 Å². The van der Waals surface area contributed by atoms with Gasteiger partial charge in [0.1, 0.15) is 17.7 Å². The van der Waals surface area contributed by atoms with Crippen LogP contribution in [0.15, 0.2) is 42.5 Å². The molecule has 0 saturated heterocycles. The highest BCUT2D eigenvalue weighted by atomic mass is 19.1. The van der Waals surface area contributed by atoms with Gasteiger partial charge in [-0.2, -0.15) is 0 Å². The lowest BCUT2D eigenvalue weighted by Crippen LogP contribution is -2.29. The summed E-state index contributed by atoms with van der Waals surface area (Å²) in [5.74, 6) is -2.48. The van der Waals surface area contributed by atoms with Crippen molar-refractivity contribution in [2.24, 2.45) is 5.73 Å². The first-order valence-electron chi connectivity index (χ1n) is 6.05. The number of aryl methyl sites for hydroxylation is 1. The lowest BCUT2D eigenvalue weighted by molar-refractivity contribution is -0.119. The van der Waals surface area contributed by atoms with E-state index in [9.17, 15) is 13.6 Å². The molecule has 104 valence electrons. The van der Waals surface area contributed by atoms with Gasteiger partial charge in [-0.25, -0.2) is 8.78 Å². The third-order valence-corrected chi connectivity index (χ3v) is 2.94. The molecule has 1 unspecified atom stereocenters. The van der Waals surface area contributed by atoms with Crippen LogP contribution in [0.5, 0.6) is 0 Å². The second-order valence-electron chi connectivity index (χ2n) is 4.48. The van der Waals surface area contributed by atoms with Gasteiger partial charge in [0.05, 0.1) is 5.56 Å². The quantitative estimate of drug-likeness (QED) is 0.902. The lowest BCUT2D eigenvalue weighted by atomic mass is 10.0. The van der Waals surface area contributed by atoms with Gasteiger partial charge in [-0.3, -0.25) is 4.79 Å². The fourth-order valence-corrected chi connectivity index (χ4v) is 1.89. The first-order chi connectivity index (χ1) is 9.49. The molecule has 0 saturated carbocycles. The van der Waals surface area contributed by atoms with E-state index in [0.717, 1.165) is 17.7 Å². The monoisotopic (exact) mass is 276 g/mol. The Morgan fingerprint density at radius 2 is 1.65 bits per heavy atom. The number of primary amides is 1. The predicted molar refractivity (Wildman–Crippen MR) is 73.1 cm³/mol. The maximum Gasteiger partial charge on any atom is 0.244 e. The summed E-state index contributed by atoms with van der Waals surface area (Å²) >= 11 is 0. The van der Waals surface area contributed by atoms with E-state index in [1.165, 1.54) is 6.07 Å². The Hall–Kier alpha value is -2.43. The molecule has 3 nitrogen and oxygen atoms in total. The van der Waals surface area contributed by atoms with Gasteiger partial charge in [-0.1, -0.05) is 23.8 Å². The molecular formula is C15H14F2N2O. The molecule has 0 fully saturated rings. The fourth-order valence-electron chi connectivity index (χ4n) is 1.89. The molecule has 0 bridgehead atoms. The van der Waals surface area contributed by atoms with Crippen molar-refractivity contribution in [2.75, 3.05) is 5.32 Å². The number of carbonyl (C=O) groups is 1. The summed E-state index contributed by atoms with van der Waals surface area (Å²) in [7, 11) is 0. The molecule has 5 heteroatoms. The third-order valence-electron chi connectivity index (χ3n) is 2.94. The number of amides is 1. The number of halogens is 2. The molecule has 0 radical (unpaired) electrons. The number of nitrogens with one attached hydrogen (secondary N) is 1. The second kappa shape index (κ2) is 5.69. The van der Waals surface area contributed by atoms with Crippen molar-refractivity contribution in [3.63, 3.8) is 0 Å². The number of carbonyl (C=O) groups excluding carboxylic acids is 1. The smallest absolute Gasteiger partial charge is 0.244 e. The van der Waals surface area contributed by atoms with Crippen molar-refractivity contribution in [1.29, 1.82) is 0 Å². The highest BCUT2D eigenvalue weighted by molar-refractivity contribution is 5.84. The van der Waals surface area contributed by atoms with Gasteiger partial charge in [0.15, 0.2) is 0 Å². The maximum absolute atomic E-state index is 13.7. The van der Waals surface area contributed by atoms with Crippen LogP contribution in [0.3, 0.4) is 0 Å². The number of nitrogens with two attached hydrogens (primary N) is 1. The minimum Gasteiger partial charge on any atom is -0.370 e. The number of hydrogen-bond donors (Lipinski definition) is 2. The molecule has 1 atom stereocenters. The van der Waals surface area contributed by atoms with E-state index in [1.54, 1.807) is 12.1 Å². The topological polar surface area (TPSA) is 55.1 Å². The Labute approximate surface area is 115 Å². The predicted octanol–water partition coefficient (Wildman–Crippen LogP) is 2.91. The van der Waals surface area contributed by atoms with E-state index in [1.807, 2.05) is 19.1 Å². The summed E-state index contributed by atoms with van der Waals surface area (Å²) in [5, 5.41) is 2.75. The van der Waals surface area contributed by atoms with E-state index in [2.05, 4.69) is 5.32 Å². The van der Waals surface area contributed by atoms with Crippen LogP contribution >= 0.6 is 0 Å². The Bertz CT molecular complexity index is 606. The highest BCUT2D eigenvalue weighted by Crippen LogP contribution is 2.24. The zero-order valence-corrected chi connectivity index (χ0v) is 10.9. The van der Waals surface area contributed by atoms with Crippen molar-refractivity contribution >= 4 is 11.6 Å². The van der Waals surface area contributed by atoms with Crippen LogP contribution in [0.4, 0.5) is 14.5 Å². The van der Waals surface area contributed by atoms with Crippen LogP contribution in [-0.4, -0.2) is 5.91 Å². The van der Waals surface area contributed by atoms with Crippen LogP contribution in [-0.2, 0) is 4.79 Å². The third kappa shape index (κ3) is 2.93. The SMILES string of the molecule is Cc1ccc(NC(C(N)=O)c2c(F)cccc2F)cc1. The molecule has 2 aromatic rings. The molecule has 0 spiro atoms. The van der Waals surface area contributed by atoms with Crippen molar-refractivity contribution in [2.45, 2.75) is 13.0 Å². The van der Waals surface area contributed by atoms with Crippen molar-refractivity contribution in [3.05, 3.63) is 65.2 Å². The Kier molecular flexibility index (Phi) is 3.98. The normalized spacial score (nSPS) is 11.9. The molecule has 0 aliphatic heterocycles. The summed E-state index contributed by atoms with van der Waals surface area (Å²) in [5.41, 5.74) is 6.46. The Morgan fingerprint density at radius 1 is 1.10 bits per heavy atom. The molecule has 1 amide bonds. The summed E-state index contributed by atoms with van der Waals surface area (Å²) < 4.78 is 27.5. The molecule has 0 aliphatic carbocycles. The maximum atomic E-state index is 13.7. The Balaban J connectivity index is 2.37. The summed E-state index contributed by atoms with van der Waals surface area (Å²) in [6.45, 7) is 1.91. The number of benzene rings is 2. The van der Waals surface area contributed by atoms with Crippen LogP contribution in [0.1, 0.15) is 17.2 Å². The van der Waals surface area contributed by atoms with E-state index >= 15 is 0 Å². The summed E-state index contributed by atoms with van der Waals surface area (Å²) in [6.07, 6.45) is 0. The van der Waals surface area contributed by atoms with Gasteiger partial charge in [0.2, 0.25) is 5.91 Å². The van der Waals surface area contributed by atoms with Gasteiger partial charge in [-0.05, 0) is 31.2 Å². The van der Waals surface area contributed by atoms with Gasteiger partial charge in [0.25, 0.3) is 0 Å². The zero-order valence-electron chi connectivity index (χ0n) is 10.9. The molecule has 20 heavy (non-hydrogen) atoms. The average Bonchev–Trinajstić information content (AvgIpc) is 2.39. The molecule has 0 aromatic heterocycles. The second-order valence-corrected chi connectivity index (χ2v) is 4.48. The largest absolute Gasteiger partial charge is 0.370 e.